The smallest absolute Gasteiger partial charge is 0.377 e. The fourth-order valence-electron chi connectivity index (χ4n) is 1.41. The van der Waals surface area contributed by atoms with E-state index in [2.05, 4.69) is 4.74 Å². The number of ether oxygens (including phenoxy) is 1. The quantitative estimate of drug-likeness (QED) is 0.747. The molecule has 0 fully saturated rings. The summed E-state index contributed by atoms with van der Waals surface area (Å²) in [5.74, 6) is -5.20. The van der Waals surface area contributed by atoms with Gasteiger partial charge in [-0.15, -0.1) is 0 Å². The van der Waals surface area contributed by atoms with Crippen molar-refractivity contribution >= 4 is 5.97 Å². The van der Waals surface area contributed by atoms with Crippen LogP contribution in [0.3, 0.4) is 0 Å². The Morgan fingerprint density at radius 2 is 1.88 bits per heavy atom. The summed E-state index contributed by atoms with van der Waals surface area (Å²) in [5.41, 5.74) is 0.282. The molecule has 0 aliphatic heterocycles. The molecule has 0 radical (unpaired) electrons. The minimum absolute atomic E-state index is 0.112. The summed E-state index contributed by atoms with van der Waals surface area (Å²) >= 11 is 0. The van der Waals surface area contributed by atoms with Crippen LogP contribution in [-0.4, -0.2) is 18.5 Å². The molecule has 0 N–H and O–H groups in total. The number of hydrogen-bond acceptors (Lipinski definition) is 2. The second-order valence-electron chi connectivity index (χ2n) is 3.50. The minimum atomic E-state index is -3.62. The maximum absolute atomic E-state index is 13.4. The summed E-state index contributed by atoms with van der Waals surface area (Å²) in [6.45, 7) is 0.498. The first-order chi connectivity index (χ1) is 8.01. The van der Waals surface area contributed by atoms with E-state index < -0.39 is 25.0 Å². The summed E-state index contributed by atoms with van der Waals surface area (Å²) in [6, 6.07) is 5.87. The van der Waals surface area contributed by atoms with Crippen LogP contribution in [0.25, 0.3) is 0 Å². The lowest BCUT2D eigenvalue weighted by Crippen LogP contribution is -2.33. The molecular weight excluding hydrogens is 233 g/mol. The molecule has 94 valence electrons. The zero-order chi connectivity index (χ0) is 12.9. The van der Waals surface area contributed by atoms with Crippen LogP contribution in [-0.2, 0) is 22.6 Å². The maximum Gasteiger partial charge on any atom is 0.377 e. The molecule has 0 atom stereocenters. The normalized spacial score (nSPS) is 11.3. The van der Waals surface area contributed by atoms with Crippen molar-refractivity contribution in [2.45, 2.75) is 25.9 Å². The van der Waals surface area contributed by atoms with Crippen molar-refractivity contribution in [3.8, 4) is 0 Å². The van der Waals surface area contributed by atoms with Crippen LogP contribution in [0, 0.1) is 0 Å². The zero-order valence-corrected chi connectivity index (χ0v) is 9.38. The van der Waals surface area contributed by atoms with Gasteiger partial charge in [0.1, 0.15) is 6.67 Å². The lowest BCUT2D eigenvalue weighted by Gasteiger charge is -2.15. The number of hydrogen-bond donors (Lipinski definition) is 0. The van der Waals surface area contributed by atoms with Crippen molar-refractivity contribution in [1.82, 2.24) is 0 Å². The van der Waals surface area contributed by atoms with E-state index in [1.165, 1.54) is 25.1 Å². The van der Waals surface area contributed by atoms with E-state index in [-0.39, 0.29) is 17.7 Å². The lowest BCUT2D eigenvalue weighted by atomic mass is 10.0. The number of benzene rings is 1. The van der Waals surface area contributed by atoms with E-state index in [1.54, 1.807) is 6.07 Å². The SMILES string of the molecule is CCOC(=O)C(F)(F)Cc1ccccc1CF. The van der Waals surface area contributed by atoms with Gasteiger partial charge in [0.2, 0.25) is 0 Å². The van der Waals surface area contributed by atoms with Crippen LogP contribution in [0.2, 0.25) is 0 Å². The van der Waals surface area contributed by atoms with Crippen LogP contribution >= 0.6 is 0 Å². The molecule has 2 nitrogen and oxygen atoms in total. The predicted molar refractivity (Wildman–Crippen MR) is 56.5 cm³/mol. The van der Waals surface area contributed by atoms with Crippen molar-refractivity contribution in [2.75, 3.05) is 6.61 Å². The molecule has 0 unspecified atom stereocenters. The first kappa shape index (κ1) is 13.5. The predicted octanol–water partition coefficient (Wildman–Crippen LogP) is 2.90. The Labute approximate surface area is 97.4 Å². The average molecular weight is 246 g/mol. The molecule has 5 heteroatoms. The van der Waals surface area contributed by atoms with Crippen LogP contribution in [0.15, 0.2) is 24.3 Å². The molecule has 1 aromatic carbocycles. The maximum atomic E-state index is 13.4. The zero-order valence-electron chi connectivity index (χ0n) is 9.38. The highest BCUT2D eigenvalue weighted by Gasteiger charge is 2.40. The number of rotatable bonds is 5. The largest absolute Gasteiger partial charge is 0.462 e. The fraction of sp³-hybridized carbons (Fsp3) is 0.417. The molecule has 0 heterocycles. The van der Waals surface area contributed by atoms with Gasteiger partial charge in [0.05, 0.1) is 6.61 Å². The van der Waals surface area contributed by atoms with Gasteiger partial charge >= 0.3 is 11.9 Å². The van der Waals surface area contributed by atoms with Crippen molar-refractivity contribution in [1.29, 1.82) is 0 Å². The molecule has 1 rings (SSSR count). The Hall–Kier alpha value is -1.52. The van der Waals surface area contributed by atoms with Gasteiger partial charge in [0.25, 0.3) is 0 Å². The van der Waals surface area contributed by atoms with Crippen LogP contribution in [0.1, 0.15) is 18.1 Å². The minimum Gasteiger partial charge on any atom is -0.462 e. The molecule has 0 saturated heterocycles. The summed E-state index contributed by atoms with van der Waals surface area (Å²) in [7, 11) is 0. The third-order valence-electron chi connectivity index (χ3n) is 2.25. The highest BCUT2D eigenvalue weighted by Crippen LogP contribution is 2.24. The summed E-state index contributed by atoms with van der Waals surface area (Å²) in [6.07, 6.45) is -0.841. The Morgan fingerprint density at radius 3 is 2.41 bits per heavy atom. The van der Waals surface area contributed by atoms with E-state index in [0.29, 0.717) is 0 Å². The van der Waals surface area contributed by atoms with Gasteiger partial charge in [-0.05, 0) is 18.1 Å². The van der Waals surface area contributed by atoms with Crippen molar-refractivity contribution in [2.24, 2.45) is 0 Å². The molecule has 0 amide bonds. The molecule has 0 aromatic heterocycles. The van der Waals surface area contributed by atoms with E-state index in [0.717, 1.165) is 0 Å². The van der Waals surface area contributed by atoms with E-state index >= 15 is 0 Å². The highest BCUT2D eigenvalue weighted by atomic mass is 19.3. The highest BCUT2D eigenvalue weighted by molar-refractivity contribution is 5.78. The van der Waals surface area contributed by atoms with Crippen LogP contribution in [0.4, 0.5) is 13.2 Å². The molecular formula is C12H13F3O2. The van der Waals surface area contributed by atoms with Crippen molar-refractivity contribution < 1.29 is 22.7 Å². The van der Waals surface area contributed by atoms with E-state index in [4.69, 9.17) is 0 Å². The molecule has 0 aliphatic rings. The first-order valence-electron chi connectivity index (χ1n) is 5.19. The monoisotopic (exact) mass is 246 g/mol. The molecule has 0 aliphatic carbocycles. The summed E-state index contributed by atoms with van der Waals surface area (Å²) in [4.78, 5) is 11.0. The molecule has 17 heavy (non-hydrogen) atoms. The molecule has 0 bridgehead atoms. The summed E-state index contributed by atoms with van der Waals surface area (Å²) in [5, 5.41) is 0. The fourth-order valence-corrected chi connectivity index (χ4v) is 1.41. The molecule has 1 aromatic rings. The number of esters is 1. The van der Waals surface area contributed by atoms with Gasteiger partial charge in [0, 0.05) is 6.42 Å². The Kier molecular flexibility index (Phi) is 4.54. The molecule has 0 spiro atoms. The van der Waals surface area contributed by atoms with E-state index in [9.17, 15) is 18.0 Å². The number of halogens is 3. The van der Waals surface area contributed by atoms with E-state index in [1.807, 2.05) is 0 Å². The van der Waals surface area contributed by atoms with Gasteiger partial charge in [-0.2, -0.15) is 8.78 Å². The third kappa shape index (κ3) is 3.47. The Bertz CT molecular complexity index is 391. The van der Waals surface area contributed by atoms with Gasteiger partial charge in [-0.1, -0.05) is 24.3 Å². The topological polar surface area (TPSA) is 26.3 Å². The first-order valence-corrected chi connectivity index (χ1v) is 5.19. The van der Waals surface area contributed by atoms with Crippen LogP contribution in [0.5, 0.6) is 0 Å². The average Bonchev–Trinajstić information content (AvgIpc) is 2.29. The number of alkyl halides is 3. The lowest BCUT2D eigenvalue weighted by molar-refractivity contribution is -0.171. The molecule has 0 saturated carbocycles. The summed E-state index contributed by atoms with van der Waals surface area (Å²) < 4.78 is 43.6. The van der Waals surface area contributed by atoms with Gasteiger partial charge in [-0.3, -0.25) is 0 Å². The van der Waals surface area contributed by atoms with Crippen molar-refractivity contribution in [3.05, 3.63) is 35.4 Å². The van der Waals surface area contributed by atoms with Crippen molar-refractivity contribution in [3.63, 3.8) is 0 Å². The Balaban J connectivity index is 2.85. The Morgan fingerprint density at radius 1 is 1.29 bits per heavy atom. The van der Waals surface area contributed by atoms with Gasteiger partial charge < -0.3 is 4.74 Å². The third-order valence-corrected chi connectivity index (χ3v) is 2.25. The van der Waals surface area contributed by atoms with Gasteiger partial charge in [-0.25, -0.2) is 9.18 Å². The second-order valence-corrected chi connectivity index (χ2v) is 3.50. The standard InChI is InChI=1S/C12H13F3O2/c1-2-17-11(16)12(14,15)7-9-5-3-4-6-10(9)8-13/h3-6H,2,7-8H2,1H3. The second kappa shape index (κ2) is 5.70. The van der Waals surface area contributed by atoms with Gasteiger partial charge in [0.15, 0.2) is 0 Å². The number of carbonyl (C=O) groups is 1. The number of carbonyl (C=O) groups excluding carboxylic acids is 1. The van der Waals surface area contributed by atoms with Crippen LogP contribution < -0.4 is 0 Å².